The highest BCUT2D eigenvalue weighted by Crippen LogP contribution is 2.23. The van der Waals surface area contributed by atoms with Crippen LogP contribution in [0.2, 0.25) is 0 Å². The average molecular weight is 357 g/mol. The van der Waals surface area contributed by atoms with Crippen LogP contribution in [-0.2, 0) is 26.6 Å². The lowest BCUT2D eigenvalue weighted by atomic mass is 10.0. The van der Waals surface area contributed by atoms with Crippen LogP contribution in [0.5, 0.6) is 0 Å². The van der Waals surface area contributed by atoms with Gasteiger partial charge >= 0.3 is 5.91 Å². The highest BCUT2D eigenvalue weighted by Gasteiger charge is 2.29. The van der Waals surface area contributed by atoms with Crippen LogP contribution < -0.4 is 0 Å². The Hall–Kier alpha value is -2.15. The van der Waals surface area contributed by atoms with Gasteiger partial charge in [0.05, 0.1) is 17.1 Å². The summed E-state index contributed by atoms with van der Waals surface area (Å²) in [5.74, 6) is 1.63. The van der Waals surface area contributed by atoms with E-state index in [1.54, 1.807) is 0 Å². The lowest BCUT2D eigenvalue weighted by Crippen LogP contribution is -2.39. The molecule has 140 valence electrons. The van der Waals surface area contributed by atoms with Gasteiger partial charge in [0, 0.05) is 46.2 Å². The summed E-state index contributed by atoms with van der Waals surface area (Å²) in [5.41, 5.74) is 3.13. The van der Waals surface area contributed by atoms with Gasteiger partial charge in [-0.05, 0) is 31.7 Å². The van der Waals surface area contributed by atoms with Gasteiger partial charge in [-0.1, -0.05) is 6.92 Å². The maximum Gasteiger partial charge on any atom is 0.309 e. The van der Waals surface area contributed by atoms with Crippen LogP contribution >= 0.6 is 0 Å². The van der Waals surface area contributed by atoms with Crippen molar-refractivity contribution >= 4 is 5.91 Å². The molecular formula is C19H27N5O2. The van der Waals surface area contributed by atoms with Crippen molar-refractivity contribution in [2.75, 3.05) is 19.6 Å². The van der Waals surface area contributed by atoms with E-state index in [4.69, 9.17) is 4.42 Å². The molecule has 7 heteroatoms. The molecule has 7 nitrogen and oxygen atoms in total. The quantitative estimate of drug-likeness (QED) is 0.842. The van der Waals surface area contributed by atoms with Gasteiger partial charge in [-0.25, -0.2) is 4.98 Å². The molecule has 1 amide bonds. The van der Waals surface area contributed by atoms with Gasteiger partial charge in [0.15, 0.2) is 0 Å². The highest BCUT2D eigenvalue weighted by molar-refractivity contribution is 5.89. The first-order chi connectivity index (χ1) is 12.5. The van der Waals surface area contributed by atoms with E-state index in [0.717, 1.165) is 56.2 Å². The summed E-state index contributed by atoms with van der Waals surface area (Å²) >= 11 is 0. The molecule has 1 saturated heterocycles. The molecule has 0 bridgehead atoms. The van der Waals surface area contributed by atoms with Crippen molar-refractivity contribution < 1.29 is 9.21 Å². The van der Waals surface area contributed by atoms with E-state index in [1.807, 2.05) is 23.6 Å². The van der Waals surface area contributed by atoms with Crippen molar-refractivity contribution in [3.63, 3.8) is 0 Å². The van der Waals surface area contributed by atoms with Gasteiger partial charge in [0.25, 0.3) is 5.89 Å². The van der Waals surface area contributed by atoms with E-state index in [-0.39, 0.29) is 11.8 Å². The summed E-state index contributed by atoms with van der Waals surface area (Å²) in [5, 5.41) is 4.41. The predicted molar refractivity (Wildman–Crippen MR) is 96.6 cm³/mol. The third kappa shape index (κ3) is 3.40. The molecule has 0 saturated carbocycles. The number of piperidine rings is 1. The monoisotopic (exact) mass is 357 g/mol. The molecule has 2 aliphatic heterocycles. The molecule has 4 rings (SSSR count). The van der Waals surface area contributed by atoms with Crippen LogP contribution in [-0.4, -0.2) is 50.1 Å². The Morgan fingerprint density at radius 2 is 2.23 bits per heavy atom. The lowest BCUT2D eigenvalue weighted by molar-refractivity contribution is 0.0640. The number of likely N-dealkylation sites (tertiary alicyclic amines) is 1. The molecule has 26 heavy (non-hydrogen) atoms. The molecule has 1 unspecified atom stereocenters. The van der Waals surface area contributed by atoms with E-state index in [9.17, 15) is 4.79 Å². The number of carbonyl (C=O) groups excluding carboxylic acids is 1. The Bertz CT molecular complexity index is 809. The summed E-state index contributed by atoms with van der Waals surface area (Å²) in [6.07, 6.45) is 3.04. The minimum atomic E-state index is -0.0558. The van der Waals surface area contributed by atoms with Crippen molar-refractivity contribution in [2.45, 2.75) is 46.2 Å². The van der Waals surface area contributed by atoms with Gasteiger partial charge in [-0.15, -0.1) is 0 Å². The van der Waals surface area contributed by atoms with Gasteiger partial charge < -0.3 is 9.32 Å². The van der Waals surface area contributed by atoms with Gasteiger partial charge in [-0.3, -0.25) is 14.4 Å². The smallest absolute Gasteiger partial charge is 0.309 e. The third-order valence-electron chi connectivity index (χ3n) is 5.42. The SMILES string of the molecule is Cc1cc(CN2CCc3oc(C(=O)N4CCCC(C)C4)nc3C2)n(C)n1. The summed E-state index contributed by atoms with van der Waals surface area (Å²) in [4.78, 5) is 21.5. The molecule has 1 fully saturated rings. The number of rotatable bonds is 3. The predicted octanol–water partition coefficient (Wildman–Crippen LogP) is 2.15. The number of amides is 1. The molecule has 4 heterocycles. The molecule has 0 aliphatic carbocycles. The first kappa shape index (κ1) is 17.3. The first-order valence-electron chi connectivity index (χ1n) is 9.49. The van der Waals surface area contributed by atoms with Crippen molar-refractivity contribution in [3.05, 3.63) is 34.8 Å². The van der Waals surface area contributed by atoms with Crippen LogP contribution in [0.25, 0.3) is 0 Å². The Kier molecular flexibility index (Phi) is 4.56. The fourth-order valence-electron chi connectivity index (χ4n) is 4.03. The van der Waals surface area contributed by atoms with Gasteiger partial charge in [-0.2, -0.15) is 5.10 Å². The van der Waals surface area contributed by atoms with Crippen LogP contribution in [0.15, 0.2) is 10.5 Å². The fourth-order valence-corrected chi connectivity index (χ4v) is 4.03. The van der Waals surface area contributed by atoms with Gasteiger partial charge in [0.2, 0.25) is 0 Å². The summed E-state index contributed by atoms with van der Waals surface area (Å²) in [6.45, 7) is 8.26. The van der Waals surface area contributed by atoms with Crippen LogP contribution in [0.1, 0.15) is 53.3 Å². The zero-order chi connectivity index (χ0) is 18.3. The van der Waals surface area contributed by atoms with Crippen LogP contribution in [0.4, 0.5) is 0 Å². The zero-order valence-corrected chi connectivity index (χ0v) is 15.9. The van der Waals surface area contributed by atoms with E-state index < -0.39 is 0 Å². The van der Waals surface area contributed by atoms with Gasteiger partial charge in [0.1, 0.15) is 5.76 Å². The second-order valence-corrected chi connectivity index (χ2v) is 7.75. The van der Waals surface area contributed by atoms with Crippen LogP contribution in [0.3, 0.4) is 0 Å². The highest BCUT2D eigenvalue weighted by atomic mass is 16.4. The molecule has 1 atom stereocenters. The van der Waals surface area contributed by atoms with E-state index >= 15 is 0 Å². The second kappa shape index (κ2) is 6.87. The lowest BCUT2D eigenvalue weighted by Gasteiger charge is -2.29. The van der Waals surface area contributed by atoms with Crippen molar-refractivity contribution in [1.82, 2.24) is 24.6 Å². The first-order valence-corrected chi connectivity index (χ1v) is 9.49. The number of fused-ring (bicyclic) bond motifs is 1. The van der Waals surface area contributed by atoms with E-state index in [0.29, 0.717) is 12.5 Å². The molecule has 0 spiro atoms. The Labute approximate surface area is 154 Å². The maximum absolute atomic E-state index is 12.7. The average Bonchev–Trinajstić information content (AvgIpc) is 3.16. The Morgan fingerprint density at radius 1 is 1.38 bits per heavy atom. The standard InChI is InChI=1S/C19H27N5O2/c1-13-5-4-7-24(10-13)19(25)18-20-16-12-23(8-6-17(16)26-18)11-15-9-14(2)21-22(15)3/h9,13H,4-8,10-12H2,1-3H3. The van der Waals surface area contributed by atoms with E-state index in [2.05, 4.69) is 28.0 Å². The molecule has 0 radical (unpaired) electrons. The topological polar surface area (TPSA) is 67.4 Å². The number of hydrogen-bond donors (Lipinski definition) is 0. The van der Waals surface area contributed by atoms with E-state index in [1.165, 1.54) is 12.1 Å². The number of aromatic nitrogens is 3. The molecule has 2 aromatic heterocycles. The van der Waals surface area contributed by atoms with Crippen molar-refractivity contribution in [2.24, 2.45) is 13.0 Å². The third-order valence-corrected chi connectivity index (χ3v) is 5.42. The largest absolute Gasteiger partial charge is 0.437 e. The molecule has 0 aromatic carbocycles. The summed E-state index contributed by atoms with van der Waals surface area (Å²) in [6, 6.07) is 2.12. The molecular weight excluding hydrogens is 330 g/mol. The maximum atomic E-state index is 12.7. The van der Waals surface area contributed by atoms with Crippen LogP contribution in [0, 0.1) is 12.8 Å². The Balaban J connectivity index is 1.45. The molecule has 0 N–H and O–H groups in total. The number of aryl methyl sites for hydroxylation is 2. The molecule has 2 aromatic rings. The molecule has 2 aliphatic rings. The normalized spacial score (nSPS) is 21.0. The minimum Gasteiger partial charge on any atom is -0.437 e. The second-order valence-electron chi connectivity index (χ2n) is 7.75. The minimum absolute atomic E-state index is 0.0558. The van der Waals surface area contributed by atoms with Crippen molar-refractivity contribution in [1.29, 1.82) is 0 Å². The van der Waals surface area contributed by atoms with Crippen molar-refractivity contribution in [3.8, 4) is 0 Å². The summed E-state index contributed by atoms with van der Waals surface area (Å²) in [7, 11) is 1.98. The number of nitrogens with zero attached hydrogens (tertiary/aromatic N) is 5. The number of carbonyl (C=O) groups is 1. The fraction of sp³-hybridized carbons (Fsp3) is 0.632. The number of hydrogen-bond acceptors (Lipinski definition) is 5. The Morgan fingerprint density at radius 3 is 2.96 bits per heavy atom. The zero-order valence-electron chi connectivity index (χ0n) is 15.9. The number of oxazole rings is 1. The summed E-state index contributed by atoms with van der Waals surface area (Å²) < 4.78 is 7.77.